The van der Waals surface area contributed by atoms with E-state index in [9.17, 15) is 0 Å². The molecule has 2 heterocycles. The van der Waals surface area contributed by atoms with E-state index in [-0.39, 0.29) is 0 Å². The van der Waals surface area contributed by atoms with Crippen molar-refractivity contribution in [3.63, 3.8) is 0 Å². The number of rotatable bonds is 4. The van der Waals surface area contributed by atoms with Crippen molar-refractivity contribution in [2.24, 2.45) is 5.92 Å². The molecule has 1 unspecified atom stereocenters. The van der Waals surface area contributed by atoms with Gasteiger partial charge in [0.05, 0.1) is 5.69 Å². The monoisotopic (exact) mass is 247 g/mol. The maximum atomic E-state index is 4.62. The second kappa shape index (κ2) is 6.30. The topological polar surface area (TPSA) is 28.2 Å². The van der Waals surface area contributed by atoms with Gasteiger partial charge in [-0.3, -0.25) is 9.88 Å². The van der Waals surface area contributed by atoms with E-state index in [1.165, 1.54) is 12.1 Å². The number of nitrogens with zero attached hydrogens (tertiary/aromatic N) is 2. The van der Waals surface area contributed by atoms with E-state index in [0.717, 1.165) is 37.8 Å². The van der Waals surface area contributed by atoms with Crippen LogP contribution >= 0.6 is 0 Å². The molecule has 3 nitrogen and oxygen atoms in total. The molecule has 0 aliphatic carbocycles. The molecule has 3 heteroatoms. The van der Waals surface area contributed by atoms with Crippen molar-refractivity contribution in [2.75, 3.05) is 19.6 Å². The fourth-order valence-electron chi connectivity index (χ4n) is 2.68. The molecule has 0 saturated carbocycles. The number of aromatic nitrogens is 1. The van der Waals surface area contributed by atoms with Crippen molar-refractivity contribution in [3.8, 4) is 0 Å². The molecular formula is C15H25N3. The summed E-state index contributed by atoms with van der Waals surface area (Å²) in [7, 11) is 0. The van der Waals surface area contributed by atoms with Gasteiger partial charge < -0.3 is 5.32 Å². The van der Waals surface area contributed by atoms with Gasteiger partial charge in [0.2, 0.25) is 0 Å². The van der Waals surface area contributed by atoms with Gasteiger partial charge in [-0.25, -0.2) is 0 Å². The van der Waals surface area contributed by atoms with E-state index in [4.69, 9.17) is 0 Å². The molecule has 1 fully saturated rings. The van der Waals surface area contributed by atoms with E-state index >= 15 is 0 Å². The third-order valence-electron chi connectivity index (χ3n) is 3.53. The van der Waals surface area contributed by atoms with Crippen LogP contribution in [0, 0.1) is 12.8 Å². The Kier molecular flexibility index (Phi) is 4.72. The maximum absolute atomic E-state index is 4.62. The molecule has 0 radical (unpaired) electrons. The Balaban J connectivity index is 2.00. The largest absolute Gasteiger partial charge is 0.314 e. The molecule has 0 amide bonds. The fourth-order valence-corrected chi connectivity index (χ4v) is 2.68. The van der Waals surface area contributed by atoms with Crippen LogP contribution < -0.4 is 5.32 Å². The third-order valence-corrected chi connectivity index (χ3v) is 3.53. The number of pyridine rings is 1. The second-order valence-corrected chi connectivity index (χ2v) is 5.73. The van der Waals surface area contributed by atoms with Crippen LogP contribution in [-0.4, -0.2) is 35.6 Å². The van der Waals surface area contributed by atoms with Crippen molar-refractivity contribution < 1.29 is 0 Å². The highest BCUT2D eigenvalue weighted by Gasteiger charge is 2.23. The molecule has 1 N–H and O–H groups in total. The van der Waals surface area contributed by atoms with Gasteiger partial charge in [-0.1, -0.05) is 19.9 Å². The molecule has 100 valence electrons. The van der Waals surface area contributed by atoms with Crippen LogP contribution in [0.5, 0.6) is 0 Å². The molecule has 1 aliphatic heterocycles. The molecule has 1 aromatic heterocycles. The zero-order valence-electron chi connectivity index (χ0n) is 11.8. The summed E-state index contributed by atoms with van der Waals surface area (Å²) >= 11 is 0. The minimum atomic E-state index is 0.654. The van der Waals surface area contributed by atoms with E-state index < -0.39 is 0 Å². The first kappa shape index (κ1) is 13.5. The van der Waals surface area contributed by atoms with Crippen LogP contribution in [0.1, 0.15) is 31.7 Å². The Bertz CT molecular complexity index is 376. The normalized spacial score (nSPS) is 21.4. The van der Waals surface area contributed by atoms with Gasteiger partial charge in [0.15, 0.2) is 0 Å². The third kappa shape index (κ3) is 3.79. The molecule has 0 aromatic carbocycles. The van der Waals surface area contributed by atoms with Crippen LogP contribution in [-0.2, 0) is 6.54 Å². The Morgan fingerprint density at radius 3 is 3.00 bits per heavy atom. The summed E-state index contributed by atoms with van der Waals surface area (Å²) in [5.74, 6) is 0.753. The lowest BCUT2D eigenvalue weighted by Gasteiger charge is -2.37. The smallest absolute Gasteiger partial charge is 0.0547 e. The second-order valence-electron chi connectivity index (χ2n) is 5.73. The van der Waals surface area contributed by atoms with Gasteiger partial charge in [-0.15, -0.1) is 0 Å². The van der Waals surface area contributed by atoms with Crippen molar-refractivity contribution in [3.05, 3.63) is 29.6 Å². The minimum absolute atomic E-state index is 0.654. The first-order chi connectivity index (χ1) is 8.65. The van der Waals surface area contributed by atoms with Crippen LogP contribution in [0.4, 0.5) is 0 Å². The average Bonchev–Trinajstić information content (AvgIpc) is 2.31. The van der Waals surface area contributed by atoms with E-state index in [1.807, 2.05) is 0 Å². The molecule has 18 heavy (non-hydrogen) atoms. The number of piperazine rings is 1. The average molecular weight is 247 g/mol. The number of nitrogens with one attached hydrogen (secondary N) is 1. The Labute approximate surface area is 111 Å². The van der Waals surface area contributed by atoms with Crippen molar-refractivity contribution in [1.29, 1.82) is 0 Å². The highest BCUT2D eigenvalue weighted by molar-refractivity contribution is 5.10. The van der Waals surface area contributed by atoms with Crippen molar-refractivity contribution in [2.45, 2.75) is 39.8 Å². The SMILES string of the molecule is Cc1cccc(CN2CCNCC2CC(C)C)n1. The van der Waals surface area contributed by atoms with Crippen LogP contribution in [0.15, 0.2) is 18.2 Å². The molecule has 1 saturated heterocycles. The minimum Gasteiger partial charge on any atom is -0.314 e. The lowest BCUT2D eigenvalue weighted by atomic mass is 10.0. The molecule has 0 spiro atoms. The highest BCUT2D eigenvalue weighted by Crippen LogP contribution is 2.16. The van der Waals surface area contributed by atoms with Crippen LogP contribution in [0.2, 0.25) is 0 Å². The highest BCUT2D eigenvalue weighted by atomic mass is 15.2. The molecule has 1 aromatic rings. The molecule has 1 aliphatic rings. The lowest BCUT2D eigenvalue weighted by molar-refractivity contribution is 0.132. The van der Waals surface area contributed by atoms with E-state index in [2.05, 4.69) is 54.2 Å². The molecular weight excluding hydrogens is 222 g/mol. The van der Waals surface area contributed by atoms with Gasteiger partial charge >= 0.3 is 0 Å². The van der Waals surface area contributed by atoms with Gasteiger partial charge in [0.25, 0.3) is 0 Å². The molecule has 1 atom stereocenters. The molecule has 0 bridgehead atoms. The Morgan fingerprint density at radius 1 is 1.44 bits per heavy atom. The zero-order chi connectivity index (χ0) is 13.0. The summed E-state index contributed by atoms with van der Waals surface area (Å²) in [6, 6.07) is 6.96. The summed E-state index contributed by atoms with van der Waals surface area (Å²) < 4.78 is 0. The standard InChI is InChI=1S/C15H25N3/c1-12(2)9-15-10-16-7-8-18(15)11-14-6-4-5-13(3)17-14/h4-6,12,15-16H,7-11H2,1-3H3. The summed E-state index contributed by atoms with van der Waals surface area (Å²) in [6.07, 6.45) is 1.26. The van der Waals surface area contributed by atoms with Crippen molar-refractivity contribution in [1.82, 2.24) is 15.2 Å². The summed E-state index contributed by atoms with van der Waals surface area (Å²) in [6.45, 7) is 11.0. The quantitative estimate of drug-likeness (QED) is 0.884. The zero-order valence-corrected chi connectivity index (χ0v) is 11.8. The van der Waals surface area contributed by atoms with Gasteiger partial charge in [0.1, 0.15) is 0 Å². The van der Waals surface area contributed by atoms with Crippen LogP contribution in [0.25, 0.3) is 0 Å². The van der Waals surface area contributed by atoms with E-state index in [1.54, 1.807) is 0 Å². The number of hydrogen-bond donors (Lipinski definition) is 1. The predicted octanol–water partition coefficient (Wildman–Crippen LogP) is 2.21. The number of hydrogen-bond acceptors (Lipinski definition) is 3. The van der Waals surface area contributed by atoms with Gasteiger partial charge in [0, 0.05) is 37.9 Å². The molecule has 2 rings (SSSR count). The van der Waals surface area contributed by atoms with Crippen molar-refractivity contribution >= 4 is 0 Å². The Hall–Kier alpha value is -0.930. The number of aryl methyl sites for hydroxylation is 1. The van der Waals surface area contributed by atoms with Crippen LogP contribution in [0.3, 0.4) is 0 Å². The fraction of sp³-hybridized carbons (Fsp3) is 0.667. The van der Waals surface area contributed by atoms with Gasteiger partial charge in [-0.05, 0) is 31.4 Å². The Morgan fingerprint density at radius 2 is 2.28 bits per heavy atom. The maximum Gasteiger partial charge on any atom is 0.0547 e. The summed E-state index contributed by atoms with van der Waals surface area (Å²) in [5, 5.41) is 3.51. The first-order valence-corrected chi connectivity index (χ1v) is 7.02. The van der Waals surface area contributed by atoms with E-state index in [0.29, 0.717) is 6.04 Å². The summed E-state index contributed by atoms with van der Waals surface area (Å²) in [4.78, 5) is 7.20. The van der Waals surface area contributed by atoms with Gasteiger partial charge in [-0.2, -0.15) is 0 Å². The summed E-state index contributed by atoms with van der Waals surface area (Å²) in [5.41, 5.74) is 2.31. The lowest BCUT2D eigenvalue weighted by Crippen LogP contribution is -2.51. The predicted molar refractivity (Wildman–Crippen MR) is 75.5 cm³/mol. The first-order valence-electron chi connectivity index (χ1n) is 7.02.